The molecule has 0 unspecified atom stereocenters. The Labute approximate surface area is 127 Å². The van der Waals surface area contributed by atoms with E-state index < -0.39 is 0 Å². The van der Waals surface area contributed by atoms with Gasteiger partial charge in [-0.3, -0.25) is 4.90 Å². The molecule has 0 fully saturated rings. The highest BCUT2D eigenvalue weighted by Gasteiger charge is 2.15. The van der Waals surface area contributed by atoms with Crippen molar-refractivity contribution in [1.29, 1.82) is 0 Å². The number of hydrogen-bond donors (Lipinski definition) is 0. The summed E-state index contributed by atoms with van der Waals surface area (Å²) in [6.07, 6.45) is -0.335. The fraction of sp³-hybridized carbons (Fsp3) is 0.188. The average Bonchev–Trinajstić information content (AvgIpc) is 2.49. The molecule has 20 heavy (non-hydrogen) atoms. The third kappa shape index (κ3) is 3.84. The molecule has 0 saturated heterocycles. The molecular weight excluding hydrogens is 318 g/mol. The van der Waals surface area contributed by atoms with E-state index in [1.165, 1.54) is 0 Å². The Balaban J connectivity index is 2.00. The molecule has 0 heterocycles. The van der Waals surface area contributed by atoms with Gasteiger partial charge in [0.25, 0.3) is 0 Å². The minimum atomic E-state index is -0.335. The zero-order chi connectivity index (χ0) is 14.4. The first-order valence-electron chi connectivity index (χ1n) is 6.44. The normalized spacial score (nSPS) is 10.1. The van der Waals surface area contributed by atoms with E-state index in [2.05, 4.69) is 15.9 Å². The zero-order valence-corrected chi connectivity index (χ0v) is 12.8. The van der Waals surface area contributed by atoms with Crippen LogP contribution in [-0.4, -0.2) is 12.6 Å². The molecule has 0 spiro atoms. The summed E-state index contributed by atoms with van der Waals surface area (Å²) in [5.41, 5.74) is 1.81. The van der Waals surface area contributed by atoms with Gasteiger partial charge in [-0.15, -0.1) is 0 Å². The third-order valence-corrected chi connectivity index (χ3v) is 3.41. The SMILES string of the molecule is CCN(C(=O)OCc1ccccc1)c1ccc(Br)cc1. The molecular formula is C16H16BrNO2. The summed E-state index contributed by atoms with van der Waals surface area (Å²) in [6, 6.07) is 17.2. The predicted octanol–water partition coefficient (Wildman–Crippen LogP) is 4.61. The Morgan fingerprint density at radius 1 is 1.10 bits per heavy atom. The molecule has 104 valence electrons. The quantitative estimate of drug-likeness (QED) is 0.817. The van der Waals surface area contributed by atoms with E-state index in [1.54, 1.807) is 4.90 Å². The Bertz CT molecular complexity index is 554. The smallest absolute Gasteiger partial charge is 0.414 e. The lowest BCUT2D eigenvalue weighted by Crippen LogP contribution is -2.31. The highest BCUT2D eigenvalue weighted by atomic mass is 79.9. The van der Waals surface area contributed by atoms with Crippen LogP contribution in [0.2, 0.25) is 0 Å². The van der Waals surface area contributed by atoms with Crippen LogP contribution < -0.4 is 4.90 Å². The lowest BCUT2D eigenvalue weighted by atomic mass is 10.2. The van der Waals surface area contributed by atoms with Crippen LogP contribution in [-0.2, 0) is 11.3 Å². The predicted molar refractivity (Wildman–Crippen MR) is 83.8 cm³/mol. The second-order valence-corrected chi connectivity index (χ2v) is 5.18. The van der Waals surface area contributed by atoms with Gasteiger partial charge in [0.2, 0.25) is 0 Å². The van der Waals surface area contributed by atoms with Gasteiger partial charge < -0.3 is 4.74 Å². The first kappa shape index (κ1) is 14.6. The molecule has 0 aliphatic rings. The highest BCUT2D eigenvalue weighted by molar-refractivity contribution is 9.10. The van der Waals surface area contributed by atoms with Crippen LogP contribution in [0.4, 0.5) is 10.5 Å². The van der Waals surface area contributed by atoms with Gasteiger partial charge in [0.1, 0.15) is 6.61 Å². The summed E-state index contributed by atoms with van der Waals surface area (Å²) < 4.78 is 6.32. The second kappa shape index (κ2) is 7.10. The Hall–Kier alpha value is -1.81. The van der Waals surface area contributed by atoms with Crippen LogP contribution in [0.25, 0.3) is 0 Å². The van der Waals surface area contributed by atoms with E-state index in [0.29, 0.717) is 6.54 Å². The molecule has 0 aromatic heterocycles. The van der Waals surface area contributed by atoms with E-state index in [4.69, 9.17) is 4.74 Å². The van der Waals surface area contributed by atoms with Crippen molar-refractivity contribution in [2.75, 3.05) is 11.4 Å². The molecule has 0 aliphatic heterocycles. The van der Waals surface area contributed by atoms with Gasteiger partial charge in [-0.05, 0) is 36.8 Å². The summed E-state index contributed by atoms with van der Waals surface area (Å²) in [5, 5.41) is 0. The lowest BCUT2D eigenvalue weighted by Gasteiger charge is -2.20. The van der Waals surface area contributed by atoms with Crippen LogP contribution >= 0.6 is 15.9 Å². The Morgan fingerprint density at radius 2 is 1.75 bits per heavy atom. The Morgan fingerprint density at radius 3 is 2.35 bits per heavy atom. The maximum Gasteiger partial charge on any atom is 0.414 e. The van der Waals surface area contributed by atoms with Gasteiger partial charge in [0, 0.05) is 16.7 Å². The third-order valence-electron chi connectivity index (χ3n) is 2.88. The van der Waals surface area contributed by atoms with Crippen molar-refractivity contribution in [1.82, 2.24) is 0 Å². The molecule has 2 aromatic rings. The molecule has 0 saturated carbocycles. The number of carbonyl (C=O) groups is 1. The van der Waals surface area contributed by atoms with Crippen molar-refractivity contribution in [2.45, 2.75) is 13.5 Å². The monoisotopic (exact) mass is 333 g/mol. The van der Waals surface area contributed by atoms with Gasteiger partial charge in [-0.25, -0.2) is 4.79 Å². The second-order valence-electron chi connectivity index (χ2n) is 4.26. The molecule has 2 aromatic carbocycles. The minimum Gasteiger partial charge on any atom is -0.444 e. The van der Waals surface area contributed by atoms with Gasteiger partial charge in [-0.1, -0.05) is 46.3 Å². The number of ether oxygens (including phenoxy) is 1. The summed E-state index contributed by atoms with van der Waals surface area (Å²) >= 11 is 3.38. The van der Waals surface area contributed by atoms with Crippen molar-refractivity contribution in [3.63, 3.8) is 0 Å². The fourth-order valence-electron chi connectivity index (χ4n) is 1.84. The maximum absolute atomic E-state index is 12.1. The number of nitrogens with zero attached hydrogens (tertiary/aromatic N) is 1. The molecule has 0 atom stereocenters. The van der Waals surface area contributed by atoms with Crippen LogP contribution in [0.15, 0.2) is 59.1 Å². The van der Waals surface area contributed by atoms with Crippen LogP contribution in [0.5, 0.6) is 0 Å². The average molecular weight is 334 g/mol. The van der Waals surface area contributed by atoms with Crippen molar-refractivity contribution >= 4 is 27.7 Å². The summed E-state index contributed by atoms with van der Waals surface area (Å²) in [5.74, 6) is 0. The standard InChI is InChI=1S/C16H16BrNO2/c1-2-18(15-10-8-14(17)9-11-15)16(19)20-12-13-6-4-3-5-7-13/h3-11H,2,12H2,1H3. The summed E-state index contributed by atoms with van der Waals surface area (Å²) in [6.45, 7) is 2.77. The van der Waals surface area contributed by atoms with Crippen molar-refractivity contribution in [3.05, 3.63) is 64.6 Å². The van der Waals surface area contributed by atoms with Gasteiger partial charge in [0.05, 0.1) is 0 Å². The van der Waals surface area contributed by atoms with Crippen molar-refractivity contribution in [2.24, 2.45) is 0 Å². The molecule has 2 rings (SSSR count). The van der Waals surface area contributed by atoms with Gasteiger partial charge in [0.15, 0.2) is 0 Å². The highest BCUT2D eigenvalue weighted by Crippen LogP contribution is 2.19. The molecule has 0 radical (unpaired) electrons. The van der Waals surface area contributed by atoms with E-state index >= 15 is 0 Å². The van der Waals surface area contributed by atoms with E-state index in [9.17, 15) is 4.79 Å². The molecule has 0 bridgehead atoms. The number of anilines is 1. The van der Waals surface area contributed by atoms with E-state index in [-0.39, 0.29) is 12.7 Å². The molecule has 0 aliphatic carbocycles. The topological polar surface area (TPSA) is 29.5 Å². The maximum atomic E-state index is 12.1. The molecule has 3 nitrogen and oxygen atoms in total. The number of amides is 1. The van der Waals surface area contributed by atoms with Crippen molar-refractivity contribution < 1.29 is 9.53 Å². The van der Waals surface area contributed by atoms with Crippen LogP contribution in [0.1, 0.15) is 12.5 Å². The summed E-state index contributed by atoms with van der Waals surface area (Å²) in [4.78, 5) is 13.7. The van der Waals surface area contributed by atoms with Gasteiger partial charge in [-0.2, -0.15) is 0 Å². The Kier molecular flexibility index (Phi) is 5.18. The number of hydrogen-bond acceptors (Lipinski definition) is 2. The first-order valence-corrected chi connectivity index (χ1v) is 7.24. The minimum absolute atomic E-state index is 0.284. The lowest BCUT2D eigenvalue weighted by molar-refractivity contribution is 0.147. The van der Waals surface area contributed by atoms with Crippen LogP contribution in [0.3, 0.4) is 0 Å². The zero-order valence-electron chi connectivity index (χ0n) is 11.3. The van der Waals surface area contributed by atoms with E-state index in [1.807, 2.05) is 61.5 Å². The summed E-state index contributed by atoms with van der Waals surface area (Å²) in [7, 11) is 0. The van der Waals surface area contributed by atoms with Gasteiger partial charge >= 0.3 is 6.09 Å². The number of rotatable bonds is 4. The number of carbonyl (C=O) groups excluding carboxylic acids is 1. The number of halogens is 1. The fourth-order valence-corrected chi connectivity index (χ4v) is 2.10. The number of benzene rings is 2. The molecule has 0 N–H and O–H groups in total. The molecule has 4 heteroatoms. The molecule has 1 amide bonds. The largest absolute Gasteiger partial charge is 0.444 e. The van der Waals surface area contributed by atoms with Crippen molar-refractivity contribution in [3.8, 4) is 0 Å². The van der Waals surface area contributed by atoms with Crippen LogP contribution in [0, 0.1) is 0 Å². The first-order chi connectivity index (χ1) is 9.70. The van der Waals surface area contributed by atoms with E-state index in [0.717, 1.165) is 15.7 Å².